The van der Waals surface area contributed by atoms with Gasteiger partial charge in [0.2, 0.25) is 5.11 Å². The van der Waals surface area contributed by atoms with Crippen LogP contribution >= 0.6 is 12.2 Å². The summed E-state index contributed by atoms with van der Waals surface area (Å²) in [6.07, 6.45) is 1.98. The summed E-state index contributed by atoms with van der Waals surface area (Å²) in [4.78, 5) is 1.93. The first-order chi connectivity index (χ1) is 8.84. The van der Waals surface area contributed by atoms with E-state index in [-0.39, 0.29) is 0 Å². The summed E-state index contributed by atoms with van der Waals surface area (Å²) in [5, 5.41) is 5.02. The van der Waals surface area contributed by atoms with Crippen LogP contribution in [0.25, 0.3) is 5.70 Å². The monoisotopic (exact) mass is 251 g/mol. The van der Waals surface area contributed by atoms with E-state index in [1.54, 1.807) is 0 Å². The summed E-state index contributed by atoms with van der Waals surface area (Å²) in [5.74, 6) is 0. The van der Waals surface area contributed by atoms with Gasteiger partial charge in [-0.2, -0.15) is 0 Å². The summed E-state index contributed by atoms with van der Waals surface area (Å²) >= 11 is 5.31. The Bertz CT molecular complexity index is 590. The summed E-state index contributed by atoms with van der Waals surface area (Å²) in [7, 11) is 0. The third-order valence-corrected chi connectivity index (χ3v) is 3.07. The van der Waals surface area contributed by atoms with Crippen molar-refractivity contribution in [3.05, 3.63) is 72.4 Å². The maximum atomic E-state index is 5.31. The average molecular weight is 251 g/mol. The van der Waals surface area contributed by atoms with E-state index in [2.05, 4.69) is 5.32 Å². The first kappa shape index (κ1) is 11.0. The molecule has 1 aliphatic heterocycles. The van der Waals surface area contributed by atoms with Crippen LogP contribution in [0, 0.1) is 0 Å². The normalized spacial score (nSPS) is 14.3. The molecule has 2 aromatic rings. The lowest BCUT2D eigenvalue weighted by Crippen LogP contribution is -2.23. The molecule has 0 aromatic heterocycles. The molecule has 0 fully saturated rings. The second-order valence-electron chi connectivity index (χ2n) is 3.98. The fourth-order valence-corrected chi connectivity index (χ4v) is 2.14. The van der Waals surface area contributed by atoms with Crippen LogP contribution in [0.2, 0.25) is 0 Å². The summed E-state index contributed by atoms with van der Waals surface area (Å²) in [6.45, 7) is 0. The Kier molecular flexibility index (Phi) is 2.82. The third-order valence-electron chi connectivity index (χ3n) is 2.78. The lowest BCUT2D eigenvalue weighted by molar-refractivity contribution is 1.30. The fraction of sp³-hybridized carbons (Fsp3) is 0. The Morgan fingerprint density at radius 2 is 1.44 bits per heavy atom. The first-order valence-corrected chi connectivity index (χ1v) is 6.13. The maximum absolute atomic E-state index is 5.31. The number of nitrogens with zero attached hydrogens (tertiary/aromatic N) is 2. The van der Waals surface area contributed by atoms with Crippen molar-refractivity contribution in [3.63, 3.8) is 0 Å². The fourth-order valence-electron chi connectivity index (χ4n) is 1.88. The van der Waals surface area contributed by atoms with Gasteiger partial charge in [-0.3, -0.25) is 4.90 Å². The van der Waals surface area contributed by atoms with Crippen LogP contribution in [-0.4, -0.2) is 5.11 Å². The number of hydrogen-bond acceptors (Lipinski definition) is 1. The smallest absolute Gasteiger partial charge is 0.204 e. The maximum Gasteiger partial charge on any atom is 0.204 e. The molecule has 0 saturated heterocycles. The Balaban J connectivity index is 1.95. The lowest BCUT2D eigenvalue weighted by Gasteiger charge is -2.13. The summed E-state index contributed by atoms with van der Waals surface area (Å²) < 4.78 is 0. The predicted molar refractivity (Wildman–Crippen MR) is 78.1 cm³/mol. The molecule has 0 atom stereocenters. The van der Waals surface area contributed by atoms with E-state index in [9.17, 15) is 0 Å². The number of anilines is 1. The Morgan fingerprint density at radius 3 is 2.11 bits per heavy atom. The lowest BCUT2D eigenvalue weighted by atomic mass is 10.2. The van der Waals surface area contributed by atoms with Gasteiger partial charge in [0.15, 0.2) is 0 Å². The highest BCUT2D eigenvalue weighted by atomic mass is 32.1. The van der Waals surface area contributed by atoms with Gasteiger partial charge in [0.25, 0.3) is 0 Å². The molecular formula is C15H11N2S. The number of benzene rings is 2. The molecule has 0 N–H and O–H groups in total. The largest absolute Gasteiger partial charge is 0.290 e. The van der Waals surface area contributed by atoms with Gasteiger partial charge in [0.1, 0.15) is 0 Å². The van der Waals surface area contributed by atoms with Crippen LogP contribution in [0.3, 0.4) is 0 Å². The van der Waals surface area contributed by atoms with Gasteiger partial charge in [-0.05, 0) is 24.4 Å². The highest BCUT2D eigenvalue weighted by Gasteiger charge is 2.21. The minimum absolute atomic E-state index is 0.583. The molecule has 1 aliphatic rings. The van der Waals surface area contributed by atoms with E-state index in [0.29, 0.717) is 5.11 Å². The van der Waals surface area contributed by atoms with Crippen LogP contribution in [0.4, 0.5) is 5.69 Å². The van der Waals surface area contributed by atoms with E-state index in [0.717, 1.165) is 16.9 Å². The van der Waals surface area contributed by atoms with Gasteiger partial charge in [0, 0.05) is 17.5 Å². The van der Waals surface area contributed by atoms with Crippen molar-refractivity contribution in [1.29, 1.82) is 0 Å². The molecule has 3 heteroatoms. The Hall–Kier alpha value is -2.13. The summed E-state index contributed by atoms with van der Waals surface area (Å²) in [6, 6.07) is 20.1. The van der Waals surface area contributed by atoms with E-state index in [1.807, 2.05) is 71.8 Å². The molecule has 87 valence electrons. The second-order valence-corrected chi connectivity index (χ2v) is 4.35. The molecule has 0 amide bonds. The van der Waals surface area contributed by atoms with E-state index in [4.69, 9.17) is 12.2 Å². The molecule has 18 heavy (non-hydrogen) atoms. The molecule has 0 saturated carbocycles. The summed E-state index contributed by atoms with van der Waals surface area (Å²) in [5.41, 5.74) is 3.03. The van der Waals surface area contributed by atoms with Crippen molar-refractivity contribution in [2.75, 3.05) is 4.90 Å². The van der Waals surface area contributed by atoms with Crippen molar-refractivity contribution in [2.45, 2.75) is 0 Å². The zero-order valence-electron chi connectivity index (χ0n) is 9.65. The van der Waals surface area contributed by atoms with Crippen molar-refractivity contribution >= 4 is 28.7 Å². The van der Waals surface area contributed by atoms with Gasteiger partial charge in [-0.15, -0.1) is 0 Å². The molecular weight excluding hydrogens is 240 g/mol. The van der Waals surface area contributed by atoms with Gasteiger partial charge in [-0.25, -0.2) is 5.32 Å². The van der Waals surface area contributed by atoms with Crippen molar-refractivity contribution in [1.82, 2.24) is 5.32 Å². The molecule has 2 aromatic carbocycles. The molecule has 1 heterocycles. The van der Waals surface area contributed by atoms with Gasteiger partial charge >= 0.3 is 0 Å². The SMILES string of the molecule is S=C1[N]C(c2ccccc2)=CN1c1ccccc1. The van der Waals surface area contributed by atoms with E-state index in [1.165, 1.54) is 0 Å². The van der Waals surface area contributed by atoms with Crippen LogP contribution in [0.5, 0.6) is 0 Å². The topological polar surface area (TPSA) is 17.3 Å². The quantitative estimate of drug-likeness (QED) is 0.761. The van der Waals surface area contributed by atoms with Crippen LogP contribution in [0.15, 0.2) is 66.9 Å². The van der Waals surface area contributed by atoms with Gasteiger partial charge in [-0.1, -0.05) is 48.5 Å². The number of thiocarbonyl (C=S) groups is 1. The average Bonchev–Trinajstić information content (AvgIpc) is 2.83. The zero-order valence-corrected chi connectivity index (χ0v) is 10.5. The van der Waals surface area contributed by atoms with Crippen LogP contribution in [0.1, 0.15) is 5.56 Å². The predicted octanol–water partition coefficient (Wildman–Crippen LogP) is 3.39. The minimum atomic E-state index is 0.583. The Labute approximate surface area is 112 Å². The molecule has 0 spiro atoms. The van der Waals surface area contributed by atoms with E-state index >= 15 is 0 Å². The van der Waals surface area contributed by atoms with Crippen LogP contribution in [-0.2, 0) is 0 Å². The third kappa shape index (κ3) is 2.00. The molecule has 0 bridgehead atoms. The number of hydrogen-bond donors (Lipinski definition) is 0. The first-order valence-electron chi connectivity index (χ1n) is 5.72. The molecule has 0 unspecified atom stereocenters. The van der Waals surface area contributed by atoms with Crippen molar-refractivity contribution in [3.8, 4) is 0 Å². The Morgan fingerprint density at radius 1 is 0.833 bits per heavy atom. The molecule has 0 aliphatic carbocycles. The minimum Gasteiger partial charge on any atom is -0.290 e. The molecule has 1 radical (unpaired) electrons. The highest BCUT2D eigenvalue weighted by molar-refractivity contribution is 7.80. The second kappa shape index (κ2) is 4.63. The zero-order chi connectivity index (χ0) is 12.4. The van der Waals surface area contributed by atoms with Gasteiger partial charge in [0.05, 0.1) is 5.70 Å². The van der Waals surface area contributed by atoms with Crippen molar-refractivity contribution in [2.24, 2.45) is 0 Å². The number of para-hydroxylation sites is 1. The van der Waals surface area contributed by atoms with Crippen LogP contribution < -0.4 is 10.2 Å². The highest BCUT2D eigenvalue weighted by Crippen LogP contribution is 2.24. The standard InChI is InChI=1S/C15H11N2S/c18-15-16-14(12-7-3-1-4-8-12)11-17(15)13-9-5-2-6-10-13/h1-11H. The van der Waals surface area contributed by atoms with E-state index < -0.39 is 0 Å². The molecule has 3 rings (SSSR count). The molecule has 2 nitrogen and oxygen atoms in total. The number of rotatable bonds is 2. The van der Waals surface area contributed by atoms with Crippen molar-refractivity contribution < 1.29 is 0 Å². The van der Waals surface area contributed by atoms with Gasteiger partial charge < -0.3 is 0 Å².